The summed E-state index contributed by atoms with van der Waals surface area (Å²) in [7, 11) is 0. The van der Waals surface area contributed by atoms with Gasteiger partial charge in [0.15, 0.2) is 0 Å². The molecule has 0 aromatic carbocycles. The lowest BCUT2D eigenvalue weighted by molar-refractivity contribution is 0.113. The van der Waals surface area contributed by atoms with Gasteiger partial charge in [-0.15, -0.1) is 6.58 Å². The van der Waals surface area contributed by atoms with Gasteiger partial charge in [-0.2, -0.15) is 0 Å². The highest BCUT2D eigenvalue weighted by atomic mass is 16.0. The van der Waals surface area contributed by atoms with E-state index in [1.54, 1.807) is 6.08 Å². The zero-order chi connectivity index (χ0) is 19.2. The van der Waals surface area contributed by atoms with Crippen LogP contribution in [0, 0.1) is 17.8 Å². The summed E-state index contributed by atoms with van der Waals surface area (Å²) in [5, 5.41) is 3.65. The predicted molar refractivity (Wildman–Crippen MR) is 119 cm³/mol. The Labute approximate surface area is 165 Å². The van der Waals surface area contributed by atoms with Crippen molar-refractivity contribution in [1.82, 2.24) is 10.2 Å². The van der Waals surface area contributed by atoms with Crippen molar-refractivity contribution in [2.45, 2.75) is 72.8 Å². The Bertz CT molecular complexity index is 357. The molecule has 5 N–H and O–H groups in total. The molecule has 0 saturated carbocycles. The van der Waals surface area contributed by atoms with Crippen LogP contribution in [0.25, 0.3) is 0 Å². The molecule has 1 unspecified atom stereocenters. The van der Waals surface area contributed by atoms with Gasteiger partial charge < -0.3 is 21.4 Å². The Morgan fingerprint density at radius 2 is 1.81 bits per heavy atom. The molecule has 0 radical (unpaired) electrons. The molecule has 2 heterocycles. The molecule has 0 aromatic rings. The van der Waals surface area contributed by atoms with Gasteiger partial charge in [-0.25, -0.2) is 0 Å². The van der Waals surface area contributed by atoms with Gasteiger partial charge in [-0.3, -0.25) is 0 Å². The third-order valence-corrected chi connectivity index (χ3v) is 5.35. The van der Waals surface area contributed by atoms with E-state index in [1.165, 1.54) is 45.3 Å². The van der Waals surface area contributed by atoms with Crippen molar-refractivity contribution in [2.24, 2.45) is 23.5 Å². The van der Waals surface area contributed by atoms with Gasteiger partial charge in [0, 0.05) is 19.7 Å². The van der Waals surface area contributed by atoms with Gasteiger partial charge in [0.1, 0.15) is 0 Å². The van der Waals surface area contributed by atoms with E-state index < -0.39 is 0 Å². The lowest BCUT2D eigenvalue weighted by atomic mass is 9.80. The number of nitrogens with two attached hydrogens (primary N) is 1. The fourth-order valence-corrected chi connectivity index (χ4v) is 3.96. The highest BCUT2D eigenvalue weighted by Crippen LogP contribution is 2.29. The number of nitrogens with one attached hydrogen (secondary N) is 1. The summed E-state index contributed by atoms with van der Waals surface area (Å²) in [5.74, 6) is 2.42. The van der Waals surface area contributed by atoms with Crippen LogP contribution in [0.1, 0.15) is 68.1 Å². The first-order valence-electron chi connectivity index (χ1n) is 10.5. The van der Waals surface area contributed by atoms with Crippen molar-refractivity contribution in [1.29, 1.82) is 0 Å². The van der Waals surface area contributed by atoms with E-state index in [0.29, 0.717) is 12.0 Å². The molecule has 0 amide bonds. The van der Waals surface area contributed by atoms with Crippen LogP contribution in [0.15, 0.2) is 24.9 Å². The van der Waals surface area contributed by atoms with E-state index in [-0.39, 0.29) is 6.90 Å². The molecule has 0 aromatic heterocycles. The van der Waals surface area contributed by atoms with Crippen LogP contribution >= 0.6 is 0 Å². The van der Waals surface area contributed by atoms with E-state index in [2.05, 4.69) is 37.2 Å². The maximum Gasteiger partial charge on any atom is 0.00417 e. The van der Waals surface area contributed by atoms with Gasteiger partial charge in [0.2, 0.25) is 0 Å². The molecule has 0 spiro atoms. The van der Waals surface area contributed by atoms with Crippen LogP contribution in [0.4, 0.5) is 0 Å². The molecule has 0 aliphatic carbocycles. The minimum absolute atomic E-state index is 0. The Kier molecular flexibility index (Phi) is 17.2. The highest BCUT2D eigenvalue weighted by Gasteiger charge is 2.30. The summed E-state index contributed by atoms with van der Waals surface area (Å²) in [4.78, 5) is 2.68. The number of hydrogen-bond donors (Lipinski definition) is 2. The van der Waals surface area contributed by atoms with Crippen molar-refractivity contribution >= 4 is 0 Å². The van der Waals surface area contributed by atoms with Crippen LogP contribution in [0.2, 0.25) is 0 Å². The number of hydrogen-bond acceptors (Lipinski definition) is 3. The second-order valence-corrected chi connectivity index (χ2v) is 7.49. The van der Waals surface area contributed by atoms with Crippen molar-refractivity contribution in [3.8, 4) is 0 Å². The highest BCUT2D eigenvalue weighted by molar-refractivity contribution is 4.95. The zero-order valence-corrected chi connectivity index (χ0v) is 18.2. The van der Waals surface area contributed by atoms with Crippen LogP contribution in [-0.2, 0) is 0 Å². The largest absolute Gasteiger partial charge is 0.412 e. The minimum Gasteiger partial charge on any atom is -0.412 e. The molecule has 2 aliphatic rings. The van der Waals surface area contributed by atoms with Gasteiger partial charge in [-0.1, -0.05) is 39.8 Å². The maximum absolute atomic E-state index is 5.87. The SMILES string of the molecule is C=C(N)CC1C[C@@H](C)NC[C@@H]1CN1CCC(CC)CC1.C=CC.CC.O.[HH]. The average Bonchev–Trinajstić information content (AvgIpc) is 2.60. The van der Waals surface area contributed by atoms with Crippen LogP contribution in [0.5, 0.6) is 0 Å². The van der Waals surface area contributed by atoms with E-state index >= 15 is 0 Å². The van der Waals surface area contributed by atoms with Crippen LogP contribution < -0.4 is 11.1 Å². The summed E-state index contributed by atoms with van der Waals surface area (Å²) >= 11 is 0. The number of allylic oxidation sites excluding steroid dienone is 2. The van der Waals surface area contributed by atoms with Crippen LogP contribution in [0.3, 0.4) is 0 Å². The van der Waals surface area contributed by atoms with E-state index in [4.69, 9.17) is 5.73 Å². The first-order chi connectivity index (χ1) is 12.0. The van der Waals surface area contributed by atoms with E-state index in [1.807, 2.05) is 20.8 Å². The first kappa shape index (κ1) is 27.4. The molecule has 3 atom stereocenters. The smallest absolute Gasteiger partial charge is 0.00417 e. The fourth-order valence-electron chi connectivity index (χ4n) is 3.96. The summed E-state index contributed by atoms with van der Waals surface area (Å²) < 4.78 is 0. The molecule has 4 nitrogen and oxygen atoms in total. The number of likely N-dealkylation sites (tertiary alicyclic amines) is 1. The monoisotopic (exact) mass is 371 g/mol. The fraction of sp³-hybridized carbons (Fsp3) is 0.818. The van der Waals surface area contributed by atoms with Crippen molar-refractivity contribution in [3.63, 3.8) is 0 Å². The molecule has 158 valence electrons. The molecule has 2 fully saturated rings. The Hall–Kier alpha value is -0.840. The number of piperidine rings is 2. The predicted octanol–water partition coefficient (Wildman–Crippen LogP) is 4.22. The summed E-state index contributed by atoms with van der Waals surface area (Å²) in [6, 6.07) is 0.626. The lowest BCUT2D eigenvalue weighted by Crippen LogP contribution is -2.48. The van der Waals surface area contributed by atoms with Crippen LogP contribution in [-0.4, -0.2) is 42.6 Å². The molecule has 0 bridgehead atoms. The molecule has 4 heteroatoms. The Morgan fingerprint density at radius 1 is 1.27 bits per heavy atom. The van der Waals surface area contributed by atoms with Crippen molar-refractivity contribution in [2.75, 3.05) is 26.2 Å². The molecule has 2 aliphatic heterocycles. The summed E-state index contributed by atoms with van der Waals surface area (Å²) in [5.41, 5.74) is 6.73. The molecular weight excluding hydrogens is 322 g/mol. The Balaban J connectivity index is -0.000000750. The standard InChI is InChI=1S/C17H33N3.C3H6.C2H6.H2O.H2/c1-4-15-5-7-20(8-6-15)12-17-11-19-14(3)10-16(17)9-13(2)18;1-3-2;1-2;;/h14-17,19H,2,4-12,18H2,1,3H3;3H,1H2,2H3;1-2H3;1H2;1H/t14-,16?,17-;;;;/m1..../s1. The average molecular weight is 372 g/mol. The first-order valence-corrected chi connectivity index (χ1v) is 10.5. The summed E-state index contributed by atoms with van der Waals surface area (Å²) in [6.45, 7) is 22.8. The lowest BCUT2D eigenvalue weighted by Gasteiger charge is -2.40. The third kappa shape index (κ3) is 11.0. The van der Waals surface area contributed by atoms with Crippen molar-refractivity contribution < 1.29 is 6.90 Å². The molecule has 2 rings (SSSR count). The maximum atomic E-state index is 5.87. The van der Waals surface area contributed by atoms with Gasteiger partial charge >= 0.3 is 0 Å². The zero-order valence-electron chi connectivity index (χ0n) is 18.2. The molecule has 26 heavy (non-hydrogen) atoms. The van der Waals surface area contributed by atoms with E-state index in [9.17, 15) is 0 Å². The molecular formula is C22H49N3O. The number of rotatable bonds is 5. The number of nitrogens with zero attached hydrogens (tertiary/aromatic N) is 1. The second-order valence-electron chi connectivity index (χ2n) is 7.49. The van der Waals surface area contributed by atoms with Gasteiger partial charge in [0.25, 0.3) is 0 Å². The van der Waals surface area contributed by atoms with Gasteiger partial charge in [0.05, 0.1) is 0 Å². The summed E-state index contributed by atoms with van der Waals surface area (Å²) in [6.07, 6.45) is 8.13. The minimum atomic E-state index is 0. The second kappa shape index (κ2) is 16.3. The normalized spacial score (nSPS) is 26.3. The topological polar surface area (TPSA) is 72.8 Å². The Morgan fingerprint density at radius 3 is 2.27 bits per heavy atom. The molecule has 2 saturated heterocycles. The van der Waals surface area contributed by atoms with Gasteiger partial charge in [-0.05, 0) is 76.9 Å². The quantitative estimate of drug-likeness (QED) is 0.710. The van der Waals surface area contributed by atoms with Crippen molar-refractivity contribution in [3.05, 3.63) is 24.9 Å². The van der Waals surface area contributed by atoms with E-state index in [0.717, 1.165) is 30.5 Å². The third-order valence-electron chi connectivity index (χ3n) is 5.35.